The molecule has 96 valence electrons. The van der Waals surface area contributed by atoms with E-state index < -0.39 is 17.5 Å². The first-order chi connectivity index (χ1) is 9.02. The van der Waals surface area contributed by atoms with Crippen LogP contribution in [0.5, 0.6) is 5.75 Å². The average Bonchev–Trinajstić information content (AvgIpc) is 2.39. The summed E-state index contributed by atoms with van der Waals surface area (Å²) >= 11 is 0. The third kappa shape index (κ3) is 2.30. The standard InChI is InChI=1S/C14H11NO4/c1-8-11(12(16)9-5-3-2-4-6-9)13(17)10(7-15-8)14(18)19/h2-7H,1H3,(H,15,17)(H,18,19). The van der Waals surface area contributed by atoms with Crippen LogP contribution in [0.4, 0.5) is 0 Å². The smallest absolute Gasteiger partial charge is 0.341 e. The molecule has 0 saturated heterocycles. The summed E-state index contributed by atoms with van der Waals surface area (Å²) in [6, 6.07) is 8.32. The average molecular weight is 257 g/mol. The molecule has 5 nitrogen and oxygen atoms in total. The molecule has 19 heavy (non-hydrogen) atoms. The molecule has 5 heteroatoms. The van der Waals surface area contributed by atoms with Crippen molar-refractivity contribution in [3.05, 3.63) is 58.9 Å². The molecule has 0 fully saturated rings. The topological polar surface area (TPSA) is 87.5 Å². The number of hydrogen-bond donors (Lipinski definition) is 2. The minimum Gasteiger partial charge on any atom is -0.506 e. The van der Waals surface area contributed by atoms with Crippen LogP contribution in [-0.4, -0.2) is 26.9 Å². The molecule has 1 aromatic carbocycles. The summed E-state index contributed by atoms with van der Waals surface area (Å²) in [6.45, 7) is 1.54. The first-order valence-electron chi connectivity index (χ1n) is 5.54. The third-order valence-corrected chi connectivity index (χ3v) is 2.73. The summed E-state index contributed by atoms with van der Waals surface area (Å²) in [5.41, 5.74) is 0.192. The maximum atomic E-state index is 12.3. The molecule has 0 aliphatic carbocycles. The van der Waals surface area contributed by atoms with Gasteiger partial charge in [-0.15, -0.1) is 0 Å². The van der Waals surface area contributed by atoms with Crippen LogP contribution in [0.1, 0.15) is 32.0 Å². The molecular formula is C14H11NO4. The minimum atomic E-state index is -1.33. The van der Waals surface area contributed by atoms with Crippen LogP contribution >= 0.6 is 0 Å². The highest BCUT2D eigenvalue weighted by Gasteiger charge is 2.22. The summed E-state index contributed by atoms with van der Waals surface area (Å²) in [5, 5.41) is 18.9. The quantitative estimate of drug-likeness (QED) is 0.821. The minimum absolute atomic E-state index is 0.0777. The normalized spacial score (nSPS) is 10.2. The van der Waals surface area contributed by atoms with Crippen molar-refractivity contribution in [2.45, 2.75) is 6.92 Å². The number of carbonyl (C=O) groups is 2. The van der Waals surface area contributed by atoms with Crippen LogP contribution < -0.4 is 0 Å². The highest BCUT2D eigenvalue weighted by molar-refractivity contribution is 6.12. The Kier molecular flexibility index (Phi) is 3.29. The predicted molar refractivity (Wildman–Crippen MR) is 67.5 cm³/mol. The number of rotatable bonds is 3. The molecule has 0 bridgehead atoms. The zero-order valence-electron chi connectivity index (χ0n) is 10.1. The summed E-state index contributed by atoms with van der Waals surface area (Å²) in [5.74, 6) is -2.33. The van der Waals surface area contributed by atoms with Gasteiger partial charge >= 0.3 is 5.97 Å². The van der Waals surface area contributed by atoms with Crippen LogP contribution in [0.15, 0.2) is 36.5 Å². The number of carboxylic acid groups (broad SMARTS) is 1. The van der Waals surface area contributed by atoms with E-state index in [4.69, 9.17) is 5.11 Å². The number of carbonyl (C=O) groups excluding carboxylic acids is 1. The lowest BCUT2D eigenvalue weighted by Crippen LogP contribution is -2.09. The van der Waals surface area contributed by atoms with E-state index in [1.807, 2.05) is 0 Å². The van der Waals surface area contributed by atoms with Crippen molar-refractivity contribution in [3.8, 4) is 5.75 Å². The van der Waals surface area contributed by atoms with Crippen molar-refractivity contribution in [1.29, 1.82) is 0 Å². The second-order valence-electron chi connectivity index (χ2n) is 3.98. The van der Waals surface area contributed by atoms with E-state index in [1.165, 1.54) is 0 Å². The van der Waals surface area contributed by atoms with Crippen molar-refractivity contribution < 1.29 is 19.8 Å². The number of aryl methyl sites for hydroxylation is 1. The van der Waals surface area contributed by atoms with E-state index in [0.717, 1.165) is 6.20 Å². The Balaban J connectivity index is 2.60. The van der Waals surface area contributed by atoms with Gasteiger partial charge in [-0.25, -0.2) is 4.79 Å². The summed E-state index contributed by atoms with van der Waals surface area (Å²) < 4.78 is 0. The predicted octanol–water partition coefficient (Wildman–Crippen LogP) is 2.02. The third-order valence-electron chi connectivity index (χ3n) is 2.73. The highest BCUT2D eigenvalue weighted by Crippen LogP contribution is 2.26. The number of aromatic hydroxyl groups is 1. The van der Waals surface area contributed by atoms with Gasteiger partial charge in [0.2, 0.25) is 0 Å². The molecule has 0 unspecified atom stereocenters. The molecule has 0 atom stereocenters. The fourth-order valence-electron chi connectivity index (χ4n) is 1.76. The maximum Gasteiger partial charge on any atom is 0.341 e. The van der Waals surface area contributed by atoms with Crippen LogP contribution in [0.25, 0.3) is 0 Å². The van der Waals surface area contributed by atoms with E-state index in [9.17, 15) is 14.7 Å². The zero-order valence-corrected chi connectivity index (χ0v) is 10.1. The fourth-order valence-corrected chi connectivity index (χ4v) is 1.76. The second-order valence-corrected chi connectivity index (χ2v) is 3.98. The summed E-state index contributed by atoms with van der Waals surface area (Å²) in [7, 11) is 0. The molecule has 1 heterocycles. The molecule has 0 radical (unpaired) electrons. The van der Waals surface area contributed by atoms with Gasteiger partial charge in [0.1, 0.15) is 11.3 Å². The summed E-state index contributed by atoms with van der Waals surface area (Å²) in [4.78, 5) is 27.0. The van der Waals surface area contributed by atoms with Crippen molar-refractivity contribution in [2.24, 2.45) is 0 Å². The lowest BCUT2D eigenvalue weighted by atomic mass is 9.99. The largest absolute Gasteiger partial charge is 0.506 e. The van der Waals surface area contributed by atoms with Crippen LogP contribution in [-0.2, 0) is 0 Å². The lowest BCUT2D eigenvalue weighted by Gasteiger charge is -2.09. The monoisotopic (exact) mass is 257 g/mol. The Hall–Kier alpha value is -2.69. The van der Waals surface area contributed by atoms with Crippen LogP contribution in [0, 0.1) is 6.92 Å². The molecule has 0 aliphatic rings. The molecule has 2 rings (SSSR count). The Morgan fingerprint density at radius 2 is 1.79 bits per heavy atom. The fraction of sp³-hybridized carbons (Fsp3) is 0.0714. The van der Waals surface area contributed by atoms with E-state index in [2.05, 4.69) is 4.98 Å². The Bertz CT molecular complexity index is 650. The van der Waals surface area contributed by atoms with Gasteiger partial charge in [-0.1, -0.05) is 30.3 Å². The number of hydrogen-bond acceptors (Lipinski definition) is 4. The molecule has 0 saturated carbocycles. The number of benzene rings is 1. The van der Waals surface area contributed by atoms with Crippen LogP contribution in [0.3, 0.4) is 0 Å². The van der Waals surface area contributed by atoms with Crippen molar-refractivity contribution >= 4 is 11.8 Å². The lowest BCUT2D eigenvalue weighted by molar-refractivity contribution is 0.0693. The number of aromatic carboxylic acids is 1. The van der Waals surface area contributed by atoms with E-state index >= 15 is 0 Å². The maximum absolute atomic E-state index is 12.3. The van der Waals surface area contributed by atoms with E-state index in [1.54, 1.807) is 37.3 Å². The van der Waals surface area contributed by atoms with Gasteiger partial charge in [-0.05, 0) is 6.92 Å². The molecule has 2 N–H and O–H groups in total. The Morgan fingerprint density at radius 3 is 2.37 bits per heavy atom. The molecular weight excluding hydrogens is 246 g/mol. The van der Waals surface area contributed by atoms with Gasteiger partial charge in [0.15, 0.2) is 5.78 Å². The first-order valence-corrected chi connectivity index (χ1v) is 5.54. The van der Waals surface area contributed by atoms with E-state index in [-0.39, 0.29) is 16.8 Å². The SMILES string of the molecule is Cc1ncc(C(=O)O)c(O)c1C(=O)c1ccccc1. The number of carboxylic acids is 1. The van der Waals surface area contributed by atoms with Crippen molar-refractivity contribution in [1.82, 2.24) is 4.98 Å². The van der Waals surface area contributed by atoms with E-state index in [0.29, 0.717) is 5.56 Å². The summed E-state index contributed by atoms with van der Waals surface area (Å²) in [6.07, 6.45) is 1.04. The molecule has 1 aromatic heterocycles. The molecule has 0 amide bonds. The number of pyridine rings is 1. The van der Waals surface area contributed by atoms with Gasteiger partial charge in [-0.2, -0.15) is 0 Å². The molecule has 0 spiro atoms. The first kappa shape index (κ1) is 12.8. The highest BCUT2D eigenvalue weighted by atomic mass is 16.4. The van der Waals surface area contributed by atoms with Gasteiger partial charge in [0, 0.05) is 11.8 Å². The van der Waals surface area contributed by atoms with Gasteiger partial charge in [0.05, 0.1) is 11.3 Å². The van der Waals surface area contributed by atoms with Crippen LogP contribution in [0.2, 0.25) is 0 Å². The number of nitrogens with zero attached hydrogens (tertiary/aromatic N) is 1. The Morgan fingerprint density at radius 1 is 1.16 bits per heavy atom. The van der Waals surface area contributed by atoms with Crippen molar-refractivity contribution in [2.75, 3.05) is 0 Å². The second kappa shape index (κ2) is 4.89. The number of aromatic nitrogens is 1. The molecule has 0 aliphatic heterocycles. The Labute approximate surface area is 109 Å². The molecule has 2 aromatic rings. The number of ketones is 1. The zero-order chi connectivity index (χ0) is 14.0. The van der Waals surface area contributed by atoms with Gasteiger partial charge in [-0.3, -0.25) is 9.78 Å². The van der Waals surface area contributed by atoms with Gasteiger partial charge in [0.25, 0.3) is 0 Å². The van der Waals surface area contributed by atoms with Crippen molar-refractivity contribution in [3.63, 3.8) is 0 Å². The van der Waals surface area contributed by atoms with Gasteiger partial charge < -0.3 is 10.2 Å².